The minimum absolute atomic E-state index is 0.115. The summed E-state index contributed by atoms with van der Waals surface area (Å²) in [6.45, 7) is 1.45. The minimum Gasteiger partial charge on any atom is -0.357 e. The van der Waals surface area contributed by atoms with E-state index in [-0.39, 0.29) is 24.3 Å². The Kier molecular flexibility index (Phi) is 3.91. The van der Waals surface area contributed by atoms with Gasteiger partial charge in [-0.15, -0.1) is 0 Å². The molecule has 0 radical (unpaired) electrons. The molecular formula is C21H18BrN3O2. The molecule has 136 valence electrons. The van der Waals surface area contributed by atoms with Gasteiger partial charge in [-0.3, -0.25) is 14.5 Å². The molecule has 5 nitrogen and oxygen atoms in total. The molecule has 1 aromatic heterocycles. The van der Waals surface area contributed by atoms with Crippen LogP contribution in [0.15, 0.2) is 53.0 Å². The molecule has 0 unspecified atom stereocenters. The number of aromatic nitrogens is 1. The number of amides is 2. The average molecular weight is 424 g/mol. The summed E-state index contributed by atoms with van der Waals surface area (Å²) in [6, 6.07) is 15.0. The van der Waals surface area contributed by atoms with E-state index in [4.69, 9.17) is 0 Å². The van der Waals surface area contributed by atoms with E-state index in [1.165, 1.54) is 21.5 Å². The molecule has 0 saturated carbocycles. The van der Waals surface area contributed by atoms with E-state index in [1.807, 2.05) is 42.5 Å². The van der Waals surface area contributed by atoms with Crippen molar-refractivity contribution in [2.75, 3.05) is 11.4 Å². The van der Waals surface area contributed by atoms with Crippen molar-refractivity contribution in [1.29, 1.82) is 0 Å². The second kappa shape index (κ2) is 6.32. The fourth-order valence-electron chi connectivity index (χ4n) is 4.24. The third-order valence-electron chi connectivity index (χ3n) is 5.57. The fourth-order valence-corrected chi connectivity index (χ4v) is 4.70. The van der Waals surface area contributed by atoms with Gasteiger partial charge in [0.15, 0.2) is 0 Å². The topological polar surface area (TPSA) is 56.4 Å². The Morgan fingerprint density at radius 2 is 1.85 bits per heavy atom. The van der Waals surface area contributed by atoms with Crippen molar-refractivity contribution >= 4 is 44.3 Å². The second-order valence-electron chi connectivity index (χ2n) is 7.09. The Morgan fingerprint density at radius 1 is 1.04 bits per heavy atom. The zero-order valence-electron chi connectivity index (χ0n) is 14.6. The Hall–Kier alpha value is -2.44. The van der Waals surface area contributed by atoms with Gasteiger partial charge in [0.05, 0.1) is 23.7 Å². The molecule has 3 heterocycles. The highest BCUT2D eigenvalue weighted by Gasteiger charge is 2.43. The largest absolute Gasteiger partial charge is 0.357 e. The molecule has 1 fully saturated rings. The molecule has 2 aliphatic heterocycles. The molecule has 1 atom stereocenters. The lowest BCUT2D eigenvalue weighted by Gasteiger charge is -2.31. The summed E-state index contributed by atoms with van der Waals surface area (Å²) >= 11 is 3.61. The van der Waals surface area contributed by atoms with Gasteiger partial charge in [0.1, 0.15) is 0 Å². The van der Waals surface area contributed by atoms with Crippen LogP contribution in [0.1, 0.15) is 17.7 Å². The van der Waals surface area contributed by atoms with Gasteiger partial charge in [0.25, 0.3) is 5.91 Å². The maximum atomic E-state index is 13.0. The molecular weight excluding hydrogens is 406 g/mol. The molecule has 3 aromatic rings. The number of halogens is 1. The van der Waals surface area contributed by atoms with Crippen molar-refractivity contribution in [3.63, 3.8) is 0 Å². The molecule has 1 saturated heterocycles. The van der Waals surface area contributed by atoms with Crippen LogP contribution in [0.25, 0.3) is 10.9 Å². The molecule has 6 heteroatoms. The number of H-pyrrole nitrogens is 1. The normalized spacial score (nSPS) is 20.5. The maximum absolute atomic E-state index is 13.0. The van der Waals surface area contributed by atoms with Crippen LogP contribution in [-0.2, 0) is 22.6 Å². The van der Waals surface area contributed by atoms with Crippen LogP contribution >= 0.6 is 15.9 Å². The molecule has 0 bridgehead atoms. The van der Waals surface area contributed by atoms with Crippen LogP contribution in [0.3, 0.4) is 0 Å². The SMILES string of the molecule is O=C1C[C@H](N2CCc3[nH]c4c(Br)cccc4c3C2)C(=O)N1c1ccccc1. The number of rotatable bonds is 2. The third-order valence-corrected chi connectivity index (χ3v) is 6.23. The van der Waals surface area contributed by atoms with Gasteiger partial charge in [-0.2, -0.15) is 0 Å². The molecule has 2 aliphatic rings. The van der Waals surface area contributed by atoms with Gasteiger partial charge in [-0.05, 0) is 39.7 Å². The van der Waals surface area contributed by atoms with Crippen molar-refractivity contribution in [2.45, 2.75) is 25.4 Å². The number of nitrogens with zero attached hydrogens (tertiary/aromatic N) is 2. The Labute approximate surface area is 165 Å². The number of para-hydroxylation sites is 2. The first kappa shape index (κ1) is 16.7. The van der Waals surface area contributed by atoms with E-state index < -0.39 is 0 Å². The molecule has 2 amide bonds. The van der Waals surface area contributed by atoms with Crippen LogP contribution in [-0.4, -0.2) is 34.3 Å². The molecule has 0 spiro atoms. The number of imide groups is 1. The zero-order valence-corrected chi connectivity index (χ0v) is 16.2. The van der Waals surface area contributed by atoms with E-state index in [0.717, 1.165) is 23.0 Å². The predicted octanol–water partition coefficient (Wildman–Crippen LogP) is 3.62. The lowest BCUT2D eigenvalue weighted by atomic mass is 10.0. The lowest BCUT2D eigenvalue weighted by molar-refractivity contribution is -0.123. The van der Waals surface area contributed by atoms with Crippen molar-refractivity contribution in [2.24, 2.45) is 0 Å². The smallest absolute Gasteiger partial charge is 0.251 e. The molecule has 27 heavy (non-hydrogen) atoms. The number of benzene rings is 2. The van der Waals surface area contributed by atoms with Crippen LogP contribution in [0.5, 0.6) is 0 Å². The molecule has 1 N–H and O–H groups in total. The number of hydrogen-bond acceptors (Lipinski definition) is 3. The van der Waals surface area contributed by atoms with Gasteiger partial charge in [0, 0.05) is 35.1 Å². The number of carbonyl (C=O) groups is 2. The third kappa shape index (κ3) is 2.63. The van der Waals surface area contributed by atoms with Crippen molar-refractivity contribution in [3.05, 3.63) is 64.3 Å². The number of carbonyl (C=O) groups excluding carboxylic acids is 2. The first-order valence-electron chi connectivity index (χ1n) is 9.07. The molecule has 2 aromatic carbocycles. The fraction of sp³-hybridized carbons (Fsp3) is 0.238. The zero-order chi connectivity index (χ0) is 18.5. The number of nitrogens with one attached hydrogen (secondary N) is 1. The highest BCUT2D eigenvalue weighted by molar-refractivity contribution is 9.10. The summed E-state index contributed by atoms with van der Waals surface area (Å²) in [5, 5.41) is 1.18. The molecule has 0 aliphatic carbocycles. The van der Waals surface area contributed by atoms with Gasteiger partial charge in [-0.1, -0.05) is 30.3 Å². The average Bonchev–Trinajstić information content (AvgIpc) is 3.20. The predicted molar refractivity (Wildman–Crippen MR) is 107 cm³/mol. The number of fused-ring (bicyclic) bond motifs is 3. The van der Waals surface area contributed by atoms with Crippen LogP contribution in [0, 0.1) is 0 Å². The lowest BCUT2D eigenvalue weighted by Crippen LogP contribution is -2.44. The van der Waals surface area contributed by atoms with Crippen molar-refractivity contribution in [1.82, 2.24) is 9.88 Å². The minimum atomic E-state index is -0.386. The number of hydrogen-bond donors (Lipinski definition) is 1. The second-order valence-corrected chi connectivity index (χ2v) is 7.94. The first-order valence-corrected chi connectivity index (χ1v) is 9.86. The summed E-state index contributed by atoms with van der Waals surface area (Å²) in [7, 11) is 0. The van der Waals surface area contributed by atoms with Crippen LogP contribution < -0.4 is 4.90 Å². The Bertz CT molecular complexity index is 1060. The number of anilines is 1. The van der Waals surface area contributed by atoms with Crippen molar-refractivity contribution in [3.8, 4) is 0 Å². The highest BCUT2D eigenvalue weighted by Crippen LogP contribution is 2.34. The monoisotopic (exact) mass is 423 g/mol. The first-order chi connectivity index (χ1) is 13.1. The Balaban J connectivity index is 1.45. The summed E-state index contributed by atoms with van der Waals surface area (Å²) in [5.41, 5.74) is 4.22. The van der Waals surface area contributed by atoms with E-state index in [2.05, 4.69) is 31.9 Å². The summed E-state index contributed by atoms with van der Waals surface area (Å²) < 4.78 is 1.04. The summed E-state index contributed by atoms with van der Waals surface area (Å²) in [5.74, 6) is -0.237. The van der Waals surface area contributed by atoms with Gasteiger partial charge in [0.2, 0.25) is 5.91 Å². The quantitative estimate of drug-likeness (QED) is 0.640. The van der Waals surface area contributed by atoms with Crippen LogP contribution in [0.4, 0.5) is 5.69 Å². The van der Waals surface area contributed by atoms with E-state index in [9.17, 15) is 9.59 Å². The van der Waals surface area contributed by atoms with E-state index in [0.29, 0.717) is 12.2 Å². The van der Waals surface area contributed by atoms with Crippen LogP contribution in [0.2, 0.25) is 0 Å². The molecule has 5 rings (SSSR count). The van der Waals surface area contributed by atoms with Gasteiger partial charge >= 0.3 is 0 Å². The summed E-state index contributed by atoms with van der Waals surface area (Å²) in [6.07, 6.45) is 1.09. The van der Waals surface area contributed by atoms with E-state index in [1.54, 1.807) is 0 Å². The summed E-state index contributed by atoms with van der Waals surface area (Å²) in [4.78, 5) is 32.6. The van der Waals surface area contributed by atoms with Crippen molar-refractivity contribution < 1.29 is 9.59 Å². The van der Waals surface area contributed by atoms with Gasteiger partial charge < -0.3 is 4.98 Å². The van der Waals surface area contributed by atoms with E-state index >= 15 is 0 Å². The maximum Gasteiger partial charge on any atom is 0.251 e. The Morgan fingerprint density at radius 3 is 2.67 bits per heavy atom. The highest BCUT2D eigenvalue weighted by atomic mass is 79.9. The van der Waals surface area contributed by atoms with Gasteiger partial charge in [-0.25, -0.2) is 4.90 Å². The standard InChI is InChI=1S/C21H18BrN3O2/c22-16-8-4-7-14-15-12-24(10-9-17(15)23-20(14)16)18-11-19(26)25(21(18)27)13-5-2-1-3-6-13/h1-8,18,23H,9-12H2/t18-/m0/s1. The number of aromatic amines is 1.